The van der Waals surface area contributed by atoms with Crippen LogP contribution in [0.15, 0.2) is 91.0 Å². The van der Waals surface area contributed by atoms with Crippen molar-refractivity contribution >= 4 is 5.97 Å². The molecule has 3 aromatic carbocycles. The highest BCUT2D eigenvalue weighted by molar-refractivity contribution is 5.88. The van der Waals surface area contributed by atoms with Crippen LogP contribution in [-0.4, -0.2) is 22.2 Å². The zero-order valence-corrected chi connectivity index (χ0v) is 16.8. The first-order valence-electron chi connectivity index (χ1n) is 9.91. The SMILES string of the molecule is Cc1ccc(-c2ccccc2OCCc2ccccc2)n1-c1cccc(C(=O)O)c1. The second-order valence-electron chi connectivity index (χ2n) is 7.13. The van der Waals surface area contributed by atoms with Crippen LogP contribution >= 0.6 is 0 Å². The van der Waals surface area contributed by atoms with Crippen molar-refractivity contribution in [1.82, 2.24) is 4.57 Å². The maximum absolute atomic E-state index is 11.4. The Morgan fingerprint density at radius 1 is 0.900 bits per heavy atom. The van der Waals surface area contributed by atoms with Crippen LogP contribution in [0.4, 0.5) is 0 Å². The summed E-state index contributed by atoms with van der Waals surface area (Å²) in [5, 5.41) is 9.37. The normalized spacial score (nSPS) is 10.7. The highest BCUT2D eigenvalue weighted by Crippen LogP contribution is 2.33. The molecule has 150 valence electrons. The Balaban J connectivity index is 1.66. The van der Waals surface area contributed by atoms with Crippen LogP contribution in [-0.2, 0) is 6.42 Å². The van der Waals surface area contributed by atoms with Crippen molar-refractivity contribution in [3.05, 3.63) is 108 Å². The summed E-state index contributed by atoms with van der Waals surface area (Å²) in [6.45, 7) is 2.59. The van der Waals surface area contributed by atoms with Gasteiger partial charge in [-0.3, -0.25) is 0 Å². The first-order chi connectivity index (χ1) is 14.6. The molecule has 0 aliphatic rings. The molecule has 0 fully saturated rings. The zero-order valence-electron chi connectivity index (χ0n) is 16.8. The second-order valence-corrected chi connectivity index (χ2v) is 7.13. The van der Waals surface area contributed by atoms with Crippen molar-refractivity contribution < 1.29 is 14.6 Å². The highest BCUT2D eigenvalue weighted by atomic mass is 16.5. The third-order valence-corrected chi connectivity index (χ3v) is 5.08. The van der Waals surface area contributed by atoms with Crippen LogP contribution in [0.2, 0.25) is 0 Å². The fourth-order valence-corrected chi connectivity index (χ4v) is 3.60. The van der Waals surface area contributed by atoms with E-state index in [2.05, 4.69) is 16.7 Å². The lowest BCUT2D eigenvalue weighted by molar-refractivity contribution is 0.0697. The molecule has 4 aromatic rings. The van der Waals surface area contributed by atoms with E-state index in [1.54, 1.807) is 18.2 Å². The number of nitrogens with zero attached hydrogens (tertiary/aromatic N) is 1. The summed E-state index contributed by atoms with van der Waals surface area (Å²) in [7, 11) is 0. The molecule has 0 atom stereocenters. The molecule has 0 saturated carbocycles. The summed E-state index contributed by atoms with van der Waals surface area (Å²) in [4.78, 5) is 11.4. The van der Waals surface area contributed by atoms with E-state index >= 15 is 0 Å². The molecule has 4 rings (SSSR count). The van der Waals surface area contributed by atoms with Gasteiger partial charge in [0.2, 0.25) is 0 Å². The molecule has 0 bridgehead atoms. The molecule has 30 heavy (non-hydrogen) atoms. The molecule has 1 aromatic heterocycles. The molecule has 1 N–H and O–H groups in total. The summed E-state index contributed by atoms with van der Waals surface area (Å²) in [6.07, 6.45) is 0.829. The Morgan fingerprint density at radius 3 is 2.47 bits per heavy atom. The average Bonchev–Trinajstić information content (AvgIpc) is 3.16. The molecule has 0 saturated heterocycles. The van der Waals surface area contributed by atoms with Gasteiger partial charge in [0, 0.05) is 23.4 Å². The van der Waals surface area contributed by atoms with Crippen molar-refractivity contribution in [2.45, 2.75) is 13.3 Å². The largest absolute Gasteiger partial charge is 0.493 e. The number of benzene rings is 3. The number of ether oxygens (including phenoxy) is 1. The summed E-state index contributed by atoms with van der Waals surface area (Å²) >= 11 is 0. The fraction of sp³-hybridized carbons (Fsp3) is 0.115. The topological polar surface area (TPSA) is 51.5 Å². The van der Waals surface area contributed by atoms with Crippen LogP contribution in [0.5, 0.6) is 5.75 Å². The van der Waals surface area contributed by atoms with E-state index in [4.69, 9.17) is 4.74 Å². The maximum atomic E-state index is 11.4. The second kappa shape index (κ2) is 8.70. The van der Waals surface area contributed by atoms with Gasteiger partial charge in [-0.2, -0.15) is 0 Å². The maximum Gasteiger partial charge on any atom is 0.335 e. The molecule has 4 nitrogen and oxygen atoms in total. The van der Waals surface area contributed by atoms with Crippen LogP contribution in [0.3, 0.4) is 0 Å². The molecule has 0 spiro atoms. The number of carboxylic acid groups (broad SMARTS) is 1. The van der Waals surface area contributed by atoms with E-state index in [9.17, 15) is 9.90 Å². The lowest BCUT2D eigenvalue weighted by atomic mass is 10.1. The van der Waals surface area contributed by atoms with Crippen molar-refractivity contribution in [2.75, 3.05) is 6.61 Å². The van der Waals surface area contributed by atoms with E-state index in [0.29, 0.717) is 6.61 Å². The van der Waals surface area contributed by atoms with E-state index in [1.165, 1.54) is 5.56 Å². The number of carbonyl (C=O) groups is 1. The van der Waals surface area contributed by atoms with Crippen LogP contribution < -0.4 is 4.74 Å². The van der Waals surface area contributed by atoms with Crippen molar-refractivity contribution in [1.29, 1.82) is 0 Å². The van der Waals surface area contributed by atoms with Gasteiger partial charge in [-0.15, -0.1) is 0 Å². The summed E-state index contributed by atoms with van der Waals surface area (Å²) in [5.41, 5.74) is 5.27. The minimum Gasteiger partial charge on any atom is -0.493 e. The van der Waals surface area contributed by atoms with Gasteiger partial charge in [-0.25, -0.2) is 4.79 Å². The van der Waals surface area contributed by atoms with E-state index in [1.807, 2.05) is 67.6 Å². The predicted octanol–water partition coefficient (Wildman–Crippen LogP) is 5.77. The molecule has 0 radical (unpaired) electrons. The molecule has 0 unspecified atom stereocenters. The first kappa shape index (κ1) is 19.5. The number of aromatic carboxylic acids is 1. The van der Waals surface area contributed by atoms with Gasteiger partial charge < -0.3 is 14.4 Å². The number of para-hydroxylation sites is 1. The van der Waals surface area contributed by atoms with Gasteiger partial charge in [0.05, 0.1) is 17.9 Å². The number of hydrogen-bond donors (Lipinski definition) is 1. The Morgan fingerprint density at radius 2 is 1.67 bits per heavy atom. The molecule has 0 aliphatic carbocycles. The van der Waals surface area contributed by atoms with Gasteiger partial charge >= 0.3 is 5.97 Å². The lowest BCUT2D eigenvalue weighted by Gasteiger charge is -2.16. The molecule has 0 aliphatic heterocycles. The minimum atomic E-state index is -0.937. The molecule has 4 heteroatoms. The number of aromatic nitrogens is 1. The smallest absolute Gasteiger partial charge is 0.335 e. The van der Waals surface area contributed by atoms with Gasteiger partial charge in [0.1, 0.15) is 5.75 Å². The zero-order chi connectivity index (χ0) is 20.9. The molecule has 0 amide bonds. The monoisotopic (exact) mass is 397 g/mol. The number of rotatable bonds is 7. The quantitative estimate of drug-likeness (QED) is 0.430. The van der Waals surface area contributed by atoms with E-state index in [0.717, 1.165) is 34.8 Å². The predicted molar refractivity (Wildman–Crippen MR) is 119 cm³/mol. The molecular weight excluding hydrogens is 374 g/mol. The summed E-state index contributed by atoms with van der Waals surface area (Å²) in [6, 6.07) is 29.3. The standard InChI is InChI=1S/C26H23NO3/c1-19-14-15-24(27(19)22-11-7-10-21(18-22)26(28)29)23-12-5-6-13-25(23)30-17-16-20-8-3-2-4-9-20/h2-15,18H,16-17H2,1H3,(H,28,29). The Bertz CT molecular complexity index is 1160. The fourth-order valence-electron chi connectivity index (χ4n) is 3.60. The van der Waals surface area contributed by atoms with Gasteiger partial charge in [0.25, 0.3) is 0 Å². The molecule has 1 heterocycles. The average molecular weight is 397 g/mol. The molecular formula is C26H23NO3. The van der Waals surface area contributed by atoms with Crippen molar-refractivity contribution in [3.8, 4) is 22.7 Å². The van der Waals surface area contributed by atoms with Crippen LogP contribution in [0.25, 0.3) is 16.9 Å². The Kier molecular flexibility index (Phi) is 5.66. The minimum absolute atomic E-state index is 0.263. The van der Waals surface area contributed by atoms with Gasteiger partial charge in [-0.1, -0.05) is 48.5 Å². The Labute approximate surface area is 176 Å². The number of carboxylic acids is 1. The highest BCUT2D eigenvalue weighted by Gasteiger charge is 2.15. The van der Waals surface area contributed by atoms with Crippen LogP contribution in [0, 0.1) is 6.92 Å². The van der Waals surface area contributed by atoms with Crippen molar-refractivity contribution in [3.63, 3.8) is 0 Å². The van der Waals surface area contributed by atoms with Crippen molar-refractivity contribution in [2.24, 2.45) is 0 Å². The first-order valence-corrected chi connectivity index (χ1v) is 9.91. The van der Waals surface area contributed by atoms with E-state index < -0.39 is 5.97 Å². The number of aryl methyl sites for hydroxylation is 1. The summed E-state index contributed by atoms with van der Waals surface area (Å²) in [5.74, 6) is -0.130. The summed E-state index contributed by atoms with van der Waals surface area (Å²) < 4.78 is 8.21. The lowest BCUT2D eigenvalue weighted by Crippen LogP contribution is -2.05. The Hall–Kier alpha value is -3.79. The van der Waals surface area contributed by atoms with Gasteiger partial charge in [0.15, 0.2) is 0 Å². The van der Waals surface area contributed by atoms with Crippen LogP contribution in [0.1, 0.15) is 21.6 Å². The third-order valence-electron chi connectivity index (χ3n) is 5.08. The van der Waals surface area contributed by atoms with Gasteiger partial charge in [-0.05, 0) is 55.0 Å². The number of hydrogen-bond acceptors (Lipinski definition) is 2. The third kappa shape index (κ3) is 4.13. The van der Waals surface area contributed by atoms with E-state index in [-0.39, 0.29) is 5.56 Å².